The third-order valence-electron chi connectivity index (χ3n) is 3.72. The maximum Gasteiger partial charge on any atom is 0.260 e. The van der Waals surface area contributed by atoms with Crippen molar-refractivity contribution in [2.45, 2.75) is 37.8 Å². The van der Waals surface area contributed by atoms with E-state index in [1.165, 1.54) is 17.2 Å². The van der Waals surface area contributed by atoms with E-state index in [2.05, 4.69) is 21.0 Å². The average Bonchev–Trinajstić information content (AvgIpc) is 2.81. The SMILES string of the molecule is Cc1ccc2c(c1)CCC2NS(=O)(=O)c1ccc(C)nn1. The molecule has 1 N–H and O–H groups in total. The number of aryl methyl sites for hydroxylation is 3. The van der Waals surface area contributed by atoms with E-state index in [9.17, 15) is 8.42 Å². The minimum atomic E-state index is -3.64. The zero-order chi connectivity index (χ0) is 15.0. The van der Waals surface area contributed by atoms with Crippen molar-refractivity contribution in [3.8, 4) is 0 Å². The quantitative estimate of drug-likeness (QED) is 0.942. The number of sulfonamides is 1. The van der Waals surface area contributed by atoms with Crippen molar-refractivity contribution in [3.05, 3.63) is 52.7 Å². The lowest BCUT2D eigenvalue weighted by Gasteiger charge is -2.14. The van der Waals surface area contributed by atoms with Gasteiger partial charge in [0.05, 0.1) is 5.69 Å². The Kier molecular flexibility index (Phi) is 3.51. The highest BCUT2D eigenvalue weighted by atomic mass is 32.2. The number of nitrogens with zero attached hydrogens (tertiary/aromatic N) is 2. The molecule has 1 aromatic heterocycles. The van der Waals surface area contributed by atoms with E-state index >= 15 is 0 Å². The largest absolute Gasteiger partial charge is 0.260 e. The highest BCUT2D eigenvalue weighted by molar-refractivity contribution is 7.89. The summed E-state index contributed by atoms with van der Waals surface area (Å²) in [4.78, 5) is 0. The first-order valence-corrected chi connectivity index (χ1v) is 8.36. The smallest absolute Gasteiger partial charge is 0.205 e. The number of aromatic nitrogens is 2. The van der Waals surface area contributed by atoms with Crippen LogP contribution >= 0.6 is 0 Å². The van der Waals surface area contributed by atoms with Crippen molar-refractivity contribution >= 4 is 10.0 Å². The normalized spacial score (nSPS) is 17.7. The van der Waals surface area contributed by atoms with Crippen molar-refractivity contribution in [2.75, 3.05) is 0 Å². The summed E-state index contributed by atoms with van der Waals surface area (Å²) in [6.07, 6.45) is 1.67. The fraction of sp³-hybridized carbons (Fsp3) is 0.333. The second kappa shape index (κ2) is 5.20. The topological polar surface area (TPSA) is 72.0 Å². The first kappa shape index (κ1) is 14.2. The molecule has 1 atom stereocenters. The summed E-state index contributed by atoms with van der Waals surface area (Å²) in [5, 5.41) is 7.53. The highest BCUT2D eigenvalue weighted by Crippen LogP contribution is 2.32. The van der Waals surface area contributed by atoms with Crippen LogP contribution in [0, 0.1) is 13.8 Å². The molecule has 21 heavy (non-hydrogen) atoms. The summed E-state index contributed by atoms with van der Waals surface area (Å²) < 4.78 is 27.5. The molecule has 2 aromatic rings. The van der Waals surface area contributed by atoms with Gasteiger partial charge in [-0.1, -0.05) is 23.8 Å². The molecular weight excluding hydrogens is 286 g/mol. The van der Waals surface area contributed by atoms with Crippen LogP contribution in [-0.4, -0.2) is 18.6 Å². The van der Waals surface area contributed by atoms with Gasteiger partial charge in [-0.15, -0.1) is 5.10 Å². The Morgan fingerprint density at radius 1 is 1.14 bits per heavy atom. The van der Waals surface area contributed by atoms with Gasteiger partial charge in [0.1, 0.15) is 0 Å². The minimum Gasteiger partial charge on any atom is -0.205 e. The molecule has 1 heterocycles. The molecule has 110 valence electrons. The summed E-state index contributed by atoms with van der Waals surface area (Å²) >= 11 is 0. The maximum absolute atomic E-state index is 12.4. The van der Waals surface area contributed by atoms with Gasteiger partial charge in [-0.05, 0) is 49.9 Å². The summed E-state index contributed by atoms with van der Waals surface area (Å²) in [6.45, 7) is 3.81. The summed E-state index contributed by atoms with van der Waals surface area (Å²) in [7, 11) is -3.64. The van der Waals surface area contributed by atoms with Crippen molar-refractivity contribution in [3.63, 3.8) is 0 Å². The van der Waals surface area contributed by atoms with E-state index < -0.39 is 10.0 Å². The third-order valence-corrected chi connectivity index (χ3v) is 5.09. The van der Waals surface area contributed by atoms with E-state index in [4.69, 9.17) is 0 Å². The van der Waals surface area contributed by atoms with E-state index in [0.717, 1.165) is 18.4 Å². The van der Waals surface area contributed by atoms with E-state index in [1.54, 1.807) is 13.0 Å². The molecule has 0 spiro atoms. The van der Waals surface area contributed by atoms with Gasteiger partial charge in [-0.2, -0.15) is 5.10 Å². The van der Waals surface area contributed by atoms with Gasteiger partial charge < -0.3 is 0 Å². The molecule has 0 radical (unpaired) electrons. The van der Waals surface area contributed by atoms with Crippen molar-refractivity contribution in [1.29, 1.82) is 0 Å². The van der Waals surface area contributed by atoms with E-state index in [1.807, 2.05) is 19.1 Å². The number of rotatable bonds is 3. The fourth-order valence-corrected chi connectivity index (χ4v) is 3.78. The lowest BCUT2D eigenvalue weighted by Crippen LogP contribution is -2.28. The van der Waals surface area contributed by atoms with Crippen LogP contribution in [0.4, 0.5) is 0 Å². The Morgan fingerprint density at radius 3 is 2.67 bits per heavy atom. The standard InChI is InChI=1S/C15H17N3O2S/c1-10-3-6-13-12(9-10)5-7-14(13)18-21(19,20)15-8-4-11(2)16-17-15/h3-4,6,8-9,14,18H,5,7H2,1-2H3. The number of nitrogens with one attached hydrogen (secondary N) is 1. The predicted octanol–water partition coefficient (Wildman–Crippen LogP) is 2.06. The number of benzene rings is 1. The van der Waals surface area contributed by atoms with Gasteiger partial charge >= 0.3 is 0 Å². The van der Waals surface area contributed by atoms with Gasteiger partial charge in [0.2, 0.25) is 0 Å². The van der Waals surface area contributed by atoms with Crippen LogP contribution in [0.25, 0.3) is 0 Å². The van der Waals surface area contributed by atoms with E-state index in [0.29, 0.717) is 5.69 Å². The van der Waals surface area contributed by atoms with Crippen LogP contribution in [0.3, 0.4) is 0 Å². The van der Waals surface area contributed by atoms with Crippen LogP contribution in [0.2, 0.25) is 0 Å². The second-order valence-corrected chi connectivity index (χ2v) is 7.09. The third kappa shape index (κ3) is 2.82. The maximum atomic E-state index is 12.4. The molecule has 3 rings (SSSR count). The molecule has 1 unspecified atom stereocenters. The molecule has 1 aromatic carbocycles. The molecular formula is C15H17N3O2S. The summed E-state index contributed by atoms with van der Waals surface area (Å²) in [5.41, 5.74) is 4.17. The van der Waals surface area contributed by atoms with E-state index in [-0.39, 0.29) is 11.1 Å². The second-order valence-electron chi connectivity index (χ2n) is 5.43. The molecule has 0 saturated carbocycles. The number of hydrogen-bond donors (Lipinski definition) is 1. The zero-order valence-electron chi connectivity index (χ0n) is 12.0. The average molecular weight is 303 g/mol. The summed E-state index contributed by atoms with van der Waals surface area (Å²) in [6, 6.07) is 9.08. The molecule has 0 fully saturated rings. The van der Waals surface area contributed by atoms with Crippen LogP contribution in [0.15, 0.2) is 35.4 Å². The Balaban J connectivity index is 1.86. The summed E-state index contributed by atoms with van der Waals surface area (Å²) in [5.74, 6) is 0. The minimum absolute atomic E-state index is 0.0336. The molecule has 1 aliphatic carbocycles. The molecule has 1 aliphatic rings. The highest BCUT2D eigenvalue weighted by Gasteiger charge is 2.28. The van der Waals surface area contributed by atoms with Gasteiger partial charge in [0, 0.05) is 6.04 Å². The van der Waals surface area contributed by atoms with Crippen molar-refractivity contribution in [2.24, 2.45) is 0 Å². The first-order valence-electron chi connectivity index (χ1n) is 6.88. The van der Waals surface area contributed by atoms with Crippen molar-refractivity contribution < 1.29 is 8.42 Å². The monoisotopic (exact) mass is 303 g/mol. The number of fused-ring (bicyclic) bond motifs is 1. The van der Waals surface area contributed by atoms with Crippen LogP contribution in [-0.2, 0) is 16.4 Å². The van der Waals surface area contributed by atoms with Gasteiger partial charge in [-0.3, -0.25) is 0 Å². The van der Waals surface area contributed by atoms with Gasteiger partial charge in [-0.25, -0.2) is 13.1 Å². The van der Waals surface area contributed by atoms with Crippen molar-refractivity contribution in [1.82, 2.24) is 14.9 Å². The lowest BCUT2D eigenvalue weighted by molar-refractivity contribution is 0.549. The van der Waals surface area contributed by atoms with Gasteiger partial charge in [0.25, 0.3) is 10.0 Å². The first-order chi connectivity index (χ1) is 9.95. The molecule has 5 nitrogen and oxygen atoms in total. The molecule has 0 bridgehead atoms. The number of hydrogen-bond acceptors (Lipinski definition) is 4. The Bertz CT molecular complexity index is 770. The van der Waals surface area contributed by atoms with Crippen LogP contribution in [0.5, 0.6) is 0 Å². The molecule has 6 heteroatoms. The van der Waals surface area contributed by atoms with Crippen LogP contribution in [0.1, 0.15) is 34.8 Å². The van der Waals surface area contributed by atoms with Crippen LogP contribution < -0.4 is 4.72 Å². The fourth-order valence-electron chi connectivity index (χ4n) is 2.65. The lowest BCUT2D eigenvalue weighted by atomic mass is 10.1. The Hall–Kier alpha value is -1.79. The predicted molar refractivity (Wildman–Crippen MR) is 79.3 cm³/mol. The zero-order valence-corrected chi connectivity index (χ0v) is 12.8. The van der Waals surface area contributed by atoms with Gasteiger partial charge in [0.15, 0.2) is 5.03 Å². The molecule has 0 aliphatic heterocycles. The Morgan fingerprint density at radius 2 is 1.95 bits per heavy atom. The molecule has 0 saturated heterocycles. The molecule has 0 amide bonds. The Labute approximate surface area is 124 Å².